The molecule has 0 amide bonds. The minimum Gasteiger partial charge on any atom is -0.330 e. The van der Waals surface area contributed by atoms with Crippen molar-refractivity contribution >= 4 is 0 Å². The highest BCUT2D eigenvalue weighted by Gasteiger charge is 2.28. The number of halogens is 3. The third-order valence-corrected chi connectivity index (χ3v) is 3.93. The molecule has 2 rings (SSSR count). The summed E-state index contributed by atoms with van der Waals surface area (Å²) in [6, 6.07) is 2.37. The lowest BCUT2D eigenvalue weighted by Crippen LogP contribution is -2.22. The van der Waals surface area contributed by atoms with Crippen LogP contribution in [0.5, 0.6) is 0 Å². The molecule has 0 aromatic heterocycles. The lowest BCUT2D eigenvalue weighted by Gasteiger charge is -2.24. The number of hydrogen-bond acceptors (Lipinski definition) is 1. The van der Waals surface area contributed by atoms with Crippen LogP contribution in [0.2, 0.25) is 0 Å². The fourth-order valence-corrected chi connectivity index (χ4v) is 2.90. The van der Waals surface area contributed by atoms with Crippen molar-refractivity contribution in [1.29, 1.82) is 0 Å². The molecule has 0 heterocycles. The van der Waals surface area contributed by atoms with E-state index in [9.17, 15) is 13.2 Å². The smallest absolute Gasteiger partial charge is 0.194 e. The van der Waals surface area contributed by atoms with Crippen LogP contribution < -0.4 is 5.73 Å². The molecule has 0 aliphatic heterocycles. The van der Waals surface area contributed by atoms with Crippen molar-refractivity contribution < 1.29 is 13.2 Å². The van der Waals surface area contributed by atoms with Gasteiger partial charge in [-0.15, -0.1) is 0 Å². The lowest BCUT2D eigenvalue weighted by molar-refractivity contribution is 0.379. The van der Waals surface area contributed by atoms with E-state index in [1.54, 1.807) is 0 Å². The summed E-state index contributed by atoms with van der Waals surface area (Å²) in [7, 11) is 0. The molecule has 1 fully saturated rings. The van der Waals surface area contributed by atoms with Crippen molar-refractivity contribution in [3.05, 3.63) is 35.1 Å². The quantitative estimate of drug-likeness (QED) is 0.634. The zero-order valence-corrected chi connectivity index (χ0v) is 10.3. The normalized spacial score (nSPS) is 24.9. The van der Waals surface area contributed by atoms with Gasteiger partial charge in [0.1, 0.15) is 0 Å². The van der Waals surface area contributed by atoms with Crippen molar-refractivity contribution in [2.45, 2.75) is 38.0 Å². The van der Waals surface area contributed by atoms with E-state index in [1.165, 1.54) is 6.07 Å². The van der Waals surface area contributed by atoms with E-state index in [4.69, 9.17) is 5.73 Å². The SMILES string of the molecule is NCC1CCCCCC1c1ccc(F)c(F)c1F. The summed E-state index contributed by atoms with van der Waals surface area (Å²) in [5.74, 6) is -3.47. The topological polar surface area (TPSA) is 26.0 Å². The highest BCUT2D eigenvalue weighted by atomic mass is 19.2. The molecule has 2 N–H and O–H groups in total. The molecule has 0 bridgehead atoms. The second kappa shape index (κ2) is 5.74. The molecule has 2 unspecified atom stereocenters. The van der Waals surface area contributed by atoms with Gasteiger partial charge >= 0.3 is 0 Å². The van der Waals surface area contributed by atoms with Gasteiger partial charge in [-0.3, -0.25) is 0 Å². The van der Waals surface area contributed by atoms with Crippen LogP contribution in [0.25, 0.3) is 0 Å². The minimum atomic E-state index is -1.37. The standard InChI is InChI=1S/C14H18F3N/c15-12-7-6-11(13(16)14(12)17)10-5-3-1-2-4-9(10)8-18/h6-7,9-10H,1-5,8,18H2. The summed E-state index contributed by atoms with van der Waals surface area (Å²) in [6.45, 7) is 0.461. The zero-order valence-electron chi connectivity index (χ0n) is 10.3. The average Bonchev–Trinajstić information content (AvgIpc) is 2.61. The third-order valence-electron chi connectivity index (χ3n) is 3.93. The molecule has 0 radical (unpaired) electrons. The van der Waals surface area contributed by atoms with Gasteiger partial charge in [-0.1, -0.05) is 25.3 Å². The summed E-state index contributed by atoms with van der Waals surface area (Å²) in [5.41, 5.74) is 6.01. The van der Waals surface area contributed by atoms with Gasteiger partial charge in [-0.2, -0.15) is 0 Å². The molecule has 0 saturated heterocycles. The molecule has 1 aliphatic rings. The molecule has 4 heteroatoms. The summed E-state index contributed by atoms with van der Waals surface area (Å²) in [6.07, 6.45) is 4.88. The predicted molar refractivity (Wildman–Crippen MR) is 64.7 cm³/mol. The van der Waals surface area contributed by atoms with Crippen LogP contribution in [0, 0.1) is 23.4 Å². The Morgan fingerprint density at radius 1 is 1.00 bits per heavy atom. The maximum absolute atomic E-state index is 13.8. The van der Waals surface area contributed by atoms with Gasteiger partial charge in [0, 0.05) is 0 Å². The van der Waals surface area contributed by atoms with E-state index >= 15 is 0 Å². The fourth-order valence-electron chi connectivity index (χ4n) is 2.90. The first kappa shape index (κ1) is 13.4. The first-order chi connectivity index (χ1) is 8.65. The highest BCUT2D eigenvalue weighted by molar-refractivity contribution is 5.25. The Morgan fingerprint density at radius 2 is 1.72 bits per heavy atom. The van der Waals surface area contributed by atoms with Crippen molar-refractivity contribution in [3.63, 3.8) is 0 Å². The molecule has 100 valence electrons. The third kappa shape index (κ3) is 2.53. The van der Waals surface area contributed by atoms with Gasteiger partial charge < -0.3 is 5.73 Å². The molecule has 1 aromatic carbocycles. The Kier molecular flexibility index (Phi) is 4.27. The van der Waals surface area contributed by atoms with E-state index in [1.807, 2.05) is 0 Å². The van der Waals surface area contributed by atoms with Gasteiger partial charge in [-0.05, 0) is 42.9 Å². The second-order valence-corrected chi connectivity index (χ2v) is 5.00. The molecule has 0 spiro atoms. The van der Waals surface area contributed by atoms with Crippen LogP contribution in [0.15, 0.2) is 12.1 Å². The number of nitrogens with two attached hydrogens (primary N) is 1. The van der Waals surface area contributed by atoms with E-state index in [-0.39, 0.29) is 17.4 Å². The molecule has 2 atom stereocenters. The molecule has 1 saturated carbocycles. The maximum Gasteiger partial charge on any atom is 0.194 e. The monoisotopic (exact) mass is 257 g/mol. The van der Waals surface area contributed by atoms with Crippen molar-refractivity contribution in [2.24, 2.45) is 11.7 Å². The summed E-state index contributed by atoms with van der Waals surface area (Å²) in [5, 5.41) is 0. The van der Waals surface area contributed by atoms with Crippen molar-refractivity contribution in [3.8, 4) is 0 Å². The molecule has 1 aliphatic carbocycles. The van der Waals surface area contributed by atoms with Crippen LogP contribution in [0.4, 0.5) is 13.2 Å². The van der Waals surface area contributed by atoms with E-state index in [2.05, 4.69) is 0 Å². The van der Waals surface area contributed by atoms with E-state index in [0.717, 1.165) is 38.2 Å². The zero-order chi connectivity index (χ0) is 13.1. The Morgan fingerprint density at radius 3 is 2.44 bits per heavy atom. The molecular weight excluding hydrogens is 239 g/mol. The van der Waals surface area contributed by atoms with Crippen molar-refractivity contribution in [2.75, 3.05) is 6.54 Å². The summed E-state index contributed by atoms with van der Waals surface area (Å²) >= 11 is 0. The Bertz CT molecular complexity index is 420. The molecular formula is C14H18F3N. The van der Waals surface area contributed by atoms with Crippen LogP contribution >= 0.6 is 0 Å². The van der Waals surface area contributed by atoms with E-state index < -0.39 is 17.5 Å². The minimum absolute atomic E-state index is 0.0902. The maximum atomic E-state index is 13.8. The van der Waals surface area contributed by atoms with Crippen LogP contribution in [0.1, 0.15) is 43.6 Å². The average molecular weight is 257 g/mol. The fraction of sp³-hybridized carbons (Fsp3) is 0.571. The summed E-state index contributed by atoms with van der Waals surface area (Å²) in [4.78, 5) is 0. The highest BCUT2D eigenvalue weighted by Crippen LogP contribution is 2.37. The van der Waals surface area contributed by atoms with Crippen LogP contribution in [-0.4, -0.2) is 6.54 Å². The number of benzene rings is 1. The van der Waals surface area contributed by atoms with Gasteiger partial charge in [0.25, 0.3) is 0 Å². The van der Waals surface area contributed by atoms with Gasteiger partial charge in [0.15, 0.2) is 17.5 Å². The Balaban J connectivity index is 2.36. The van der Waals surface area contributed by atoms with E-state index in [0.29, 0.717) is 6.54 Å². The van der Waals surface area contributed by atoms with Crippen LogP contribution in [-0.2, 0) is 0 Å². The molecule has 18 heavy (non-hydrogen) atoms. The van der Waals surface area contributed by atoms with Gasteiger partial charge in [-0.25, -0.2) is 13.2 Å². The first-order valence-corrected chi connectivity index (χ1v) is 6.48. The Labute approximate surface area is 105 Å². The number of hydrogen-bond donors (Lipinski definition) is 1. The second-order valence-electron chi connectivity index (χ2n) is 5.00. The largest absolute Gasteiger partial charge is 0.330 e. The molecule has 1 nitrogen and oxygen atoms in total. The molecule has 1 aromatic rings. The van der Waals surface area contributed by atoms with Gasteiger partial charge in [0.05, 0.1) is 0 Å². The lowest BCUT2D eigenvalue weighted by atomic mass is 9.82. The van der Waals surface area contributed by atoms with Crippen molar-refractivity contribution in [1.82, 2.24) is 0 Å². The number of rotatable bonds is 2. The van der Waals surface area contributed by atoms with Crippen LogP contribution in [0.3, 0.4) is 0 Å². The first-order valence-electron chi connectivity index (χ1n) is 6.48. The summed E-state index contributed by atoms with van der Waals surface area (Å²) < 4.78 is 40.1. The van der Waals surface area contributed by atoms with Gasteiger partial charge in [0.2, 0.25) is 0 Å². The Hall–Kier alpha value is -1.03. The predicted octanol–water partition coefficient (Wildman–Crippen LogP) is 3.73.